The van der Waals surface area contributed by atoms with Crippen LogP contribution in [0.15, 0.2) is 72.8 Å². The Hall–Kier alpha value is -3.56. The van der Waals surface area contributed by atoms with Crippen LogP contribution in [-0.4, -0.2) is 65.0 Å². The number of hydrogen-bond donors (Lipinski definition) is 3. The summed E-state index contributed by atoms with van der Waals surface area (Å²) in [7, 11) is 1.62. The summed E-state index contributed by atoms with van der Waals surface area (Å²) in [5.74, 6) is 1.48. The molecule has 8 atom stereocenters. The molecular formula is C41H52N2O6. The van der Waals surface area contributed by atoms with Gasteiger partial charge in [-0.15, -0.1) is 0 Å². The number of nitrogens with one attached hydrogen (secondary N) is 1. The molecule has 8 heteroatoms. The van der Waals surface area contributed by atoms with E-state index in [-0.39, 0.29) is 30.9 Å². The Kier molecular flexibility index (Phi) is 10.6. The average molecular weight is 669 g/mol. The number of methoxy groups -OCH3 is 1. The van der Waals surface area contributed by atoms with Crippen molar-refractivity contribution in [1.29, 1.82) is 0 Å². The van der Waals surface area contributed by atoms with Gasteiger partial charge in [-0.05, 0) is 66.9 Å². The van der Waals surface area contributed by atoms with Crippen LogP contribution in [0, 0.1) is 29.1 Å². The maximum Gasteiger partial charge on any atom is 0.240 e. The molecule has 3 aromatic carbocycles. The Morgan fingerprint density at radius 3 is 2.41 bits per heavy atom. The molecule has 3 aromatic rings. The van der Waals surface area contributed by atoms with Gasteiger partial charge in [0.25, 0.3) is 0 Å². The normalized spacial score (nSPS) is 28.0. The van der Waals surface area contributed by atoms with E-state index in [0.717, 1.165) is 36.0 Å². The Labute approximate surface area is 290 Å². The summed E-state index contributed by atoms with van der Waals surface area (Å²) >= 11 is 0. The number of hydrogen-bond acceptors (Lipinski definition) is 7. The summed E-state index contributed by atoms with van der Waals surface area (Å²) in [5, 5.41) is 26.0. The highest BCUT2D eigenvalue weighted by Gasteiger charge is 2.57. The van der Waals surface area contributed by atoms with Crippen LogP contribution >= 0.6 is 0 Å². The van der Waals surface area contributed by atoms with E-state index in [0.29, 0.717) is 40.9 Å². The number of rotatable bonds is 13. The van der Waals surface area contributed by atoms with E-state index in [2.05, 4.69) is 38.2 Å². The van der Waals surface area contributed by atoms with Crippen LogP contribution in [0.4, 0.5) is 0 Å². The predicted octanol–water partition coefficient (Wildman–Crippen LogP) is 6.23. The average Bonchev–Trinajstić information content (AvgIpc) is 3.48. The summed E-state index contributed by atoms with van der Waals surface area (Å²) in [4.78, 5) is 33.3. The number of aryl methyl sites for hydroxylation is 1. The number of hydroxylamine groups is 2. The fraction of sp³-hybridized carbons (Fsp3) is 0.512. The molecule has 0 spiro atoms. The van der Waals surface area contributed by atoms with E-state index in [1.54, 1.807) is 19.1 Å². The van der Waals surface area contributed by atoms with Crippen LogP contribution in [0.1, 0.15) is 74.9 Å². The second-order valence-corrected chi connectivity index (χ2v) is 15.1. The lowest BCUT2D eigenvalue weighted by Crippen LogP contribution is -2.62. The lowest BCUT2D eigenvalue weighted by Gasteiger charge is -2.62. The number of nitrogens with zero attached hydrogens (tertiary/aromatic N) is 1. The van der Waals surface area contributed by atoms with E-state index in [1.807, 2.05) is 60.7 Å². The first-order chi connectivity index (χ1) is 23.5. The van der Waals surface area contributed by atoms with Crippen molar-refractivity contribution in [3.8, 4) is 16.9 Å². The maximum absolute atomic E-state index is 14.1. The number of benzene rings is 3. The zero-order valence-corrected chi connectivity index (χ0v) is 29.5. The molecule has 4 aliphatic rings. The lowest BCUT2D eigenvalue weighted by molar-refractivity contribution is -0.183. The van der Waals surface area contributed by atoms with E-state index in [1.165, 1.54) is 12.0 Å². The van der Waals surface area contributed by atoms with Gasteiger partial charge in [-0.2, -0.15) is 5.06 Å². The van der Waals surface area contributed by atoms with Crippen LogP contribution in [0.2, 0.25) is 0 Å². The topological polar surface area (TPSA) is 108 Å². The molecule has 1 heterocycles. The number of amides is 1. The number of aliphatic hydroxyl groups excluding tert-OH is 2. The van der Waals surface area contributed by atoms with Gasteiger partial charge < -0.3 is 20.3 Å². The van der Waals surface area contributed by atoms with Gasteiger partial charge in [0.15, 0.2) is 5.78 Å². The van der Waals surface area contributed by atoms with Gasteiger partial charge in [0.2, 0.25) is 5.91 Å². The molecule has 262 valence electrons. The molecule has 0 unspecified atom stereocenters. The van der Waals surface area contributed by atoms with Gasteiger partial charge >= 0.3 is 0 Å². The summed E-state index contributed by atoms with van der Waals surface area (Å²) in [5.41, 5.74) is 4.77. The van der Waals surface area contributed by atoms with Crippen LogP contribution in [0.5, 0.6) is 5.75 Å². The Bertz CT molecular complexity index is 1610. The van der Waals surface area contributed by atoms with Gasteiger partial charge in [0.1, 0.15) is 17.9 Å². The van der Waals surface area contributed by atoms with Crippen LogP contribution in [-0.2, 0) is 22.6 Å². The first-order valence-electron chi connectivity index (χ1n) is 17.9. The molecule has 4 fully saturated rings. The van der Waals surface area contributed by atoms with Crippen molar-refractivity contribution in [2.75, 3.05) is 13.7 Å². The molecule has 1 amide bonds. The third-order valence-corrected chi connectivity index (χ3v) is 11.9. The van der Waals surface area contributed by atoms with E-state index in [9.17, 15) is 19.8 Å². The van der Waals surface area contributed by atoms with Crippen LogP contribution < -0.4 is 10.1 Å². The Morgan fingerprint density at radius 2 is 1.78 bits per heavy atom. The van der Waals surface area contributed by atoms with Gasteiger partial charge in [-0.25, -0.2) is 0 Å². The summed E-state index contributed by atoms with van der Waals surface area (Å²) in [6.07, 6.45) is 2.71. The smallest absolute Gasteiger partial charge is 0.240 e. The molecule has 1 aliphatic heterocycles. The van der Waals surface area contributed by atoms with E-state index in [4.69, 9.17) is 9.57 Å². The van der Waals surface area contributed by atoms with E-state index >= 15 is 0 Å². The summed E-state index contributed by atoms with van der Waals surface area (Å²) in [6, 6.07) is 22.9. The highest BCUT2D eigenvalue weighted by molar-refractivity contribution is 5.96. The molecule has 3 aliphatic carbocycles. The van der Waals surface area contributed by atoms with Crippen LogP contribution in [0.25, 0.3) is 11.1 Å². The molecule has 0 aromatic heterocycles. The van der Waals surface area contributed by atoms with Crippen LogP contribution in [0.3, 0.4) is 0 Å². The van der Waals surface area contributed by atoms with Crippen molar-refractivity contribution in [2.24, 2.45) is 29.1 Å². The highest BCUT2D eigenvalue weighted by atomic mass is 16.7. The summed E-state index contributed by atoms with van der Waals surface area (Å²) in [6.45, 7) is 8.47. The van der Waals surface area contributed by atoms with Crippen molar-refractivity contribution in [2.45, 2.75) is 90.6 Å². The Balaban J connectivity index is 1.18. The highest BCUT2D eigenvalue weighted by Crippen LogP contribution is 2.61. The summed E-state index contributed by atoms with van der Waals surface area (Å²) < 4.78 is 5.96. The molecule has 3 N–H and O–H groups in total. The third kappa shape index (κ3) is 7.07. The first kappa shape index (κ1) is 35.3. The van der Waals surface area contributed by atoms with Crippen molar-refractivity contribution >= 4 is 11.7 Å². The number of carbonyl (C=O) groups is 2. The fourth-order valence-corrected chi connectivity index (χ4v) is 8.91. The fourth-order valence-electron chi connectivity index (χ4n) is 8.91. The zero-order chi connectivity index (χ0) is 34.9. The van der Waals surface area contributed by atoms with Crippen molar-refractivity contribution in [3.05, 3.63) is 89.5 Å². The second kappa shape index (κ2) is 14.7. The minimum atomic E-state index is -0.873. The minimum absolute atomic E-state index is 0.0607. The number of aliphatic hydroxyl groups is 2. The zero-order valence-electron chi connectivity index (χ0n) is 29.5. The van der Waals surface area contributed by atoms with E-state index < -0.39 is 24.2 Å². The molecule has 1 saturated heterocycles. The first-order valence-corrected chi connectivity index (χ1v) is 17.9. The maximum atomic E-state index is 14.1. The predicted molar refractivity (Wildman–Crippen MR) is 190 cm³/mol. The molecular weight excluding hydrogens is 616 g/mol. The second-order valence-electron chi connectivity index (χ2n) is 15.1. The molecule has 7 rings (SSSR count). The monoisotopic (exact) mass is 668 g/mol. The standard InChI is InChI=1S/C41H52N2O6/c1-25-33-21-31(41(33,3)4)22-34(25)42-40(47)38-37(26(2)45)36(24-44)49-43(38)23-30-14-10-15-32(39(30)48-5)28-17-19-29(20-18-28)35(46)16-9-13-27-11-7-6-8-12-27/h6-8,10-12,14-15,17-20,25-26,31,33-34,36-38,44-45H,9,13,16,21-24H2,1-5H3,(H,42,47)/t25-,26-,31+,33+,34-,36-,37+,38-/m0/s1. The van der Waals surface area contributed by atoms with Gasteiger partial charge in [-0.3, -0.25) is 14.4 Å². The molecule has 3 saturated carbocycles. The molecule has 49 heavy (non-hydrogen) atoms. The third-order valence-electron chi connectivity index (χ3n) is 11.9. The largest absolute Gasteiger partial charge is 0.496 e. The quantitative estimate of drug-likeness (QED) is 0.186. The van der Waals surface area contributed by atoms with Crippen molar-refractivity contribution in [1.82, 2.24) is 10.4 Å². The number of ether oxygens (including phenoxy) is 1. The Morgan fingerprint density at radius 1 is 1.04 bits per heavy atom. The van der Waals surface area contributed by atoms with Crippen molar-refractivity contribution < 1.29 is 29.4 Å². The number of para-hydroxylation sites is 1. The molecule has 0 radical (unpaired) electrons. The number of carbonyl (C=O) groups excluding carboxylic acids is 2. The minimum Gasteiger partial charge on any atom is -0.496 e. The van der Waals surface area contributed by atoms with Crippen molar-refractivity contribution in [3.63, 3.8) is 0 Å². The molecule has 2 bridgehead atoms. The molecule has 8 nitrogen and oxygen atoms in total. The van der Waals surface area contributed by atoms with Gasteiger partial charge in [0.05, 0.1) is 26.4 Å². The van der Waals surface area contributed by atoms with Gasteiger partial charge in [-0.1, -0.05) is 93.6 Å². The van der Waals surface area contributed by atoms with Gasteiger partial charge in [0, 0.05) is 35.1 Å². The SMILES string of the molecule is COc1c(CN2O[C@@H](CO)[C@@H]([C@H](C)O)[C@H]2C(=O)N[C@H]2C[C@H]3C[C@H]([C@@H]2C)C3(C)C)cccc1-c1ccc(C(=O)CCCc2ccccc2)cc1. The number of ketones is 1. The number of fused-ring (bicyclic) bond motifs is 2. The number of Topliss-reactive ketones (excluding diaryl/α,β-unsaturated/α-hetero) is 1. The lowest BCUT2D eigenvalue weighted by atomic mass is 9.45.